The first-order valence-corrected chi connectivity index (χ1v) is 6.91. The molecule has 0 saturated heterocycles. The highest BCUT2D eigenvalue weighted by Gasteiger charge is 2.42. The zero-order chi connectivity index (χ0) is 19.4. The van der Waals surface area contributed by atoms with Crippen LogP contribution in [0.1, 0.15) is 29.7 Å². The van der Waals surface area contributed by atoms with E-state index in [1.54, 1.807) is 0 Å². The Labute approximate surface area is 139 Å². The summed E-state index contributed by atoms with van der Waals surface area (Å²) >= 11 is 0. The Morgan fingerprint density at radius 2 is 1.88 bits per heavy atom. The molecule has 1 N–H and O–H groups in total. The van der Waals surface area contributed by atoms with Gasteiger partial charge in [-0.15, -0.1) is 0 Å². The summed E-state index contributed by atoms with van der Waals surface area (Å²) in [5.41, 5.74) is -2.94. The van der Waals surface area contributed by atoms with Gasteiger partial charge in [-0.2, -0.15) is 31.6 Å². The molecule has 1 aromatic rings. The van der Waals surface area contributed by atoms with E-state index >= 15 is 0 Å². The molecule has 10 heteroatoms. The van der Waals surface area contributed by atoms with Gasteiger partial charge in [-0.05, 0) is 17.7 Å². The van der Waals surface area contributed by atoms with Crippen LogP contribution in [0.15, 0.2) is 18.2 Å². The number of carbonyl (C=O) groups excluding carboxylic acids is 1. The number of nitriles is 1. The van der Waals surface area contributed by atoms with Gasteiger partial charge in [0.1, 0.15) is 6.04 Å². The smallest absolute Gasteiger partial charge is 0.417 e. The van der Waals surface area contributed by atoms with Crippen molar-refractivity contribution in [1.82, 2.24) is 5.32 Å². The Bertz CT molecular complexity index is 663. The van der Waals surface area contributed by atoms with Gasteiger partial charge < -0.3 is 10.1 Å². The van der Waals surface area contributed by atoms with Gasteiger partial charge in [0.2, 0.25) is 0 Å². The third kappa shape index (κ3) is 5.35. The summed E-state index contributed by atoms with van der Waals surface area (Å²) in [7, 11) is 1.07. The third-order valence-corrected chi connectivity index (χ3v) is 3.36. The molecule has 0 radical (unpaired) electrons. The summed E-state index contributed by atoms with van der Waals surface area (Å²) in [6.07, 6.45) is -9.89. The van der Waals surface area contributed by atoms with Crippen molar-refractivity contribution in [3.8, 4) is 6.07 Å². The second-order valence-electron chi connectivity index (χ2n) is 5.22. The molecule has 0 bridgehead atoms. The molecule has 2 unspecified atom stereocenters. The maximum absolute atomic E-state index is 13.2. The highest BCUT2D eigenvalue weighted by Crippen LogP contribution is 2.37. The third-order valence-electron chi connectivity index (χ3n) is 3.36. The first-order chi connectivity index (χ1) is 11.4. The fraction of sp³-hybridized carbons (Fsp3) is 0.467. The summed E-state index contributed by atoms with van der Waals surface area (Å²) < 4.78 is 82.8. The molecule has 0 amide bonds. The van der Waals surface area contributed by atoms with Gasteiger partial charge in [0, 0.05) is 6.54 Å². The number of ether oxygens (including phenoxy) is 1. The summed E-state index contributed by atoms with van der Waals surface area (Å²) in [6, 6.07) is 0.621. The zero-order valence-electron chi connectivity index (χ0n) is 13.1. The lowest BCUT2D eigenvalue weighted by atomic mass is 9.98. The highest BCUT2D eigenvalue weighted by atomic mass is 19.4. The zero-order valence-corrected chi connectivity index (χ0v) is 13.1. The van der Waals surface area contributed by atoms with Crippen LogP contribution in [-0.4, -0.2) is 25.8 Å². The summed E-state index contributed by atoms with van der Waals surface area (Å²) in [5, 5.41) is 10.7. The topological polar surface area (TPSA) is 62.1 Å². The standard InChI is InChI=1S/C15H14F6N2O2/c1-8(13(24)25-2)7-23-12(15(19,20)21)9-3-4-10(6-22)11(5-9)14(16,17)18/h3-5,8,12,23H,7H2,1-2H3. The Balaban J connectivity index is 3.21. The van der Waals surface area contributed by atoms with Crippen molar-refractivity contribution in [3.05, 3.63) is 34.9 Å². The van der Waals surface area contributed by atoms with Gasteiger partial charge in [0.15, 0.2) is 0 Å². The van der Waals surface area contributed by atoms with Gasteiger partial charge in [-0.3, -0.25) is 4.79 Å². The van der Waals surface area contributed by atoms with Crippen LogP contribution in [0.2, 0.25) is 0 Å². The maximum Gasteiger partial charge on any atom is 0.417 e. The molecule has 4 nitrogen and oxygen atoms in total. The van der Waals surface area contributed by atoms with Crippen molar-refractivity contribution in [2.24, 2.45) is 5.92 Å². The van der Waals surface area contributed by atoms with Gasteiger partial charge in [-0.25, -0.2) is 0 Å². The van der Waals surface area contributed by atoms with Crippen LogP contribution in [0.25, 0.3) is 0 Å². The number of esters is 1. The van der Waals surface area contributed by atoms with Crippen molar-refractivity contribution >= 4 is 5.97 Å². The molecule has 0 aliphatic heterocycles. The number of nitrogens with one attached hydrogen (secondary N) is 1. The number of benzene rings is 1. The van der Waals surface area contributed by atoms with Crippen LogP contribution in [0.3, 0.4) is 0 Å². The number of hydrogen-bond acceptors (Lipinski definition) is 4. The minimum atomic E-state index is -4.98. The number of carbonyl (C=O) groups is 1. The Kier molecular flexibility index (Phi) is 6.42. The Hall–Kier alpha value is -2.28. The van der Waals surface area contributed by atoms with Gasteiger partial charge in [0.25, 0.3) is 0 Å². The Morgan fingerprint density at radius 1 is 1.28 bits per heavy atom. The lowest BCUT2D eigenvalue weighted by Gasteiger charge is -2.24. The molecule has 0 heterocycles. The second-order valence-corrected chi connectivity index (χ2v) is 5.22. The predicted octanol–water partition coefficient (Wildman–Crippen LogP) is 3.58. The van der Waals surface area contributed by atoms with E-state index in [0.717, 1.165) is 13.2 Å². The average Bonchev–Trinajstić information content (AvgIpc) is 2.51. The van der Waals surface area contributed by atoms with Crippen LogP contribution < -0.4 is 5.32 Å². The molecule has 0 spiro atoms. The second kappa shape index (κ2) is 7.74. The van der Waals surface area contributed by atoms with E-state index in [4.69, 9.17) is 5.26 Å². The number of rotatable bonds is 5. The Morgan fingerprint density at radius 3 is 2.32 bits per heavy atom. The minimum absolute atomic E-state index is 0.284. The van der Waals surface area contributed by atoms with E-state index in [9.17, 15) is 31.1 Å². The van der Waals surface area contributed by atoms with Crippen LogP contribution in [-0.2, 0) is 15.7 Å². The number of methoxy groups -OCH3 is 1. The van der Waals surface area contributed by atoms with E-state index < -0.39 is 53.5 Å². The molecule has 1 rings (SSSR count). The van der Waals surface area contributed by atoms with E-state index in [1.165, 1.54) is 13.0 Å². The lowest BCUT2D eigenvalue weighted by molar-refractivity contribution is -0.160. The SMILES string of the molecule is COC(=O)C(C)CNC(c1ccc(C#N)c(C(F)(F)F)c1)C(F)(F)F. The number of alkyl halides is 6. The van der Waals surface area contributed by atoms with Crippen molar-refractivity contribution in [2.75, 3.05) is 13.7 Å². The first-order valence-electron chi connectivity index (χ1n) is 6.91. The molecule has 2 atom stereocenters. The van der Waals surface area contributed by atoms with Crippen molar-refractivity contribution in [3.63, 3.8) is 0 Å². The summed E-state index contributed by atoms with van der Waals surface area (Å²) in [4.78, 5) is 11.3. The molecule has 138 valence electrons. The number of halogens is 6. The van der Waals surface area contributed by atoms with E-state index in [-0.39, 0.29) is 6.07 Å². The molecule has 1 aromatic carbocycles. The molecule has 25 heavy (non-hydrogen) atoms. The van der Waals surface area contributed by atoms with Crippen LogP contribution in [0.4, 0.5) is 26.3 Å². The molecule has 0 fully saturated rings. The fourth-order valence-electron chi connectivity index (χ4n) is 2.08. The van der Waals surface area contributed by atoms with E-state index in [1.807, 2.05) is 5.32 Å². The van der Waals surface area contributed by atoms with Crippen molar-refractivity contribution in [1.29, 1.82) is 5.26 Å². The quantitative estimate of drug-likeness (QED) is 0.638. The first kappa shape index (κ1) is 20.8. The van der Waals surface area contributed by atoms with E-state index in [2.05, 4.69) is 4.74 Å². The van der Waals surface area contributed by atoms with Gasteiger partial charge in [0.05, 0.1) is 30.2 Å². The van der Waals surface area contributed by atoms with Gasteiger partial charge >= 0.3 is 18.3 Å². The van der Waals surface area contributed by atoms with Crippen LogP contribution in [0.5, 0.6) is 0 Å². The number of hydrogen-bond donors (Lipinski definition) is 1. The number of nitrogens with zero attached hydrogens (tertiary/aromatic N) is 1. The molecular weight excluding hydrogens is 354 g/mol. The largest absolute Gasteiger partial charge is 0.469 e. The van der Waals surface area contributed by atoms with E-state index in [0.29, 0.717) is 6.07 Å². The summed E-state index contributed by atoms with van der Waals surface area (Å²) in [5.74, 6) is -1.69. The monoisotopic (exact) mass is 368 g/mol. The fourth-order valence-corrected chi connectivity index (χ4v) is 2.08. The van der Waals surface area contributed by atoms with Crippen molar-refractivity contribution < 1.29 is 35.9 Å². The van der Waals surface area contributed by atoms with Crippen LogP contribution >= 0.6 is 0 Å². The molecular formula is C15H14F6N2O2. The summed E-state index contributed by atoms with van der Waals surface area (Å²) in [6.45, 7) is 0.852. The normalized spacial score (nSPS) is 14.5. The molecule has 0 aliphatic carbocycles. The molecule has 0 aliphatic rings. The highest BCUT2D eigenvalue weighted by molar-refractivity contribution is 5.72. The predicted molar refractivity (Wildman–Crippen MR) is 74.1 cm³/mol. The van der Waals surface area contributed by atoms with Crippen LogP contribution in [0, 0.1) is 17.2 Å². The minimum Gasteiger partial charge on any atom is -0.469 e. The molecule has 0 aromatic heterocycles. The maximum atomic E-state index is 13.2. The lowest BCUT2D eigenvalue weighted by Crippen LogP contribution is -2.38. The van der Waals surface area contributed by atoms with Crippen molar-refractivity contribution in [2.45, 2.75) is 25.3 Å². The average molecular weight is 368 g/mol. The van der Waals surface area contributed by atoms with Gasteiger partial charge in [-0.1, -0.05) is 13.0 Å². The molecule has 0 saturated carbocycles.